The Morgan fingerprint density at radius 2 is 0.965 bits per heavy atom. The molecule has 0 heterocycles. The first kappa shape index (κ1) is 56.0. The molecular formula is C48H94NO7P. The maximum absolute atomic E-state index is 12.7. The van der Waals surface area contributed by atoms with E-state index in [1.54, 1.807) is 0 Å². The molecule has 0 aliphatic heterocycles. The molecule has 0 aromatic carbocycles. The van der Waals surface area contributed by atoms with E-state index in [1.165, 1.54) is 161 Å². The van der Waals surface area contributed by atoms with E-state index in [0.717, 1.165) is 38.5 Å². The Morgan fingerprint density at radius 3 is 1.42 bits per heavy atom. The van der Waals surface area contributed by atoms with Crippen LogP contribution in [0.2, 0.25) is 0 Å². The molecule has 9 heteroatoms. The van der Waals surface area contributed by atoms with Gasteiger partial charge in [-0.2, -0.15) is 0 Å². The van der Waals surface area contributed by atoms with Crippen LogP contribution >= 0.6 is 7.82 Å². The fourth-order valence-electron chi connectivity index (χ4n) is 6.75. The number of nitrogens with zero attached hydrogens (tertiary/aromatic N) is 1. The van der Waals surface area contributed by atoms with Crippen LogP contribution < -0.4 is 4.89 Å². The van der Waals surface area contributed by atoms with Crippen molar-refractivity contribution in [3.8, 4) is 0 Å². The Morgan fingerprint density at radius 1 is 0.544 bits per heavy atom. The molecule has 0 saturated carbocycles. The molecule has 0 aliphatic carbocycles. The van der Waals surface area contributed by atoms with Gasteiger partial charge in [-0.3, -0.25) is 9.36 Å². The van der Waals surface area contributed by atoms with Crippen LogP contribution in [0.15, 0.2) is 24.3 Å². The number of esters is 1. The average Bonchev–Trinajstić information content (AvgIpc) is 3.16. The number of carbonyl (C=O) groups is 1. The molecule has 0 bridgehead atoms. The molecule has 0 amide bonds. The lowest BCUT2D eigenvalue weighted by atomic mass is 10.0. The third-order valence-corrected chi connectivity index (χ3v) is 11.5. The highest BCUT2D eigenvalue weighted by Crippen LogP contribution is 2.38. The summed E-state index contributed by atoms with van der Waals surface area (Å²) in [6, 6.07) is 0. The first-order valence-electron chi connectivity index (χ1n) is 24.1. The van der Waals surface area contributed by atoms with E-state index in [4.69, 9.17) is 18.5 Å². The fraction of sp³-hybridized carbons (Fsp3) is 0.896. The van der Waals surface area contributed by atoms with Crippen LogP contribution in [-0.2, 0) is 27.9 Å². The molecule has 0 radical (unpaired) electrons. The molecule has 0 aliphatic rings. The Balaban J connectivity index is 4.12. The van der Waals surface area contributed by atoms with E-state index < -0.39 is 13.9 Å². The molecular weight excluding hydrogens is 734 g/mol. The molecule has 0 saturated heterocycles. The van der Waals surface area contributed by atoms with E-state index in [0.29, 0.717) is 24.1 Å². The van der Waals surface area contributed by atoms with Crippen molar-refractivity contribution in [2.75, 3.05) is 54.1 Å². The van der Waals surface area contributed by atoms with E-state index in [-0.39, 0.29) is 25.8 Å². The van der Waals surface area contributed by atoms with Crippen LogP contribution in [0, 0.1) is 0 Å². The zero-order chi connectivity index (χ0) is 42.0. The second-order valence-corrected chi connectivity index (χ2v) is 18.9. The Labute approximate surface area is 353 Å². The summed E-state index contributed by atoms with van der Waals surface area (Å²) in [6.45, 7) is 5.43. The fourth-order valence-corrected chi connectivity index (χ4v) is 7.48. The second-order valence-electron chi connectivity index (χ2n) is 17.5. The summed E-state index contributed by atoms with van der Waals surface area (Å²) in [4.78, 5) is 25.1. The number of quaternary nitrogens is 1. The number of unbranched alkanes of at least 4 members (excludes halogenated alkanes) is 27. The zero-order valence-corrected chi connectivity index (χ0v) is 39.2. The number of ether oxygens (including phenoxy) is 2. The third kappa shape index (κ3) is 45.9. The van der Waals surface area contributed by atoms with Gasteiger partial charge < -0.3 is 27.9 Å². The molecule has 0 N–H and O–H groups in total. The van der Waals surface area contributed by atoms with Gasteiger partial charge in [-0.15, -0.1) is 0 Å². The minimum Gasteiger partial charge on any atom is -0.756 e. The van der Waals surface area contributed by atoms with E-state index in [1.807, 2.05) is 21.1 Å². The standard InChI is InChI=1S/C48H94NO7P/c1-6-8-10-12-14-16-18-20-21-22-23-24-25-26-27-28-30-32-34-36-38-40-43-53-45-47(46-55-57(51,52)54-44-42-49(3,4)5)56-48(50)41-39-37-35-33-31-29-19-17-15-13-11-9-7-2/h18,20,22-23,47H,6-17,19,21,24-46H2,1-5H3/b20-18-,23-22-. The van der Waals surface area contributed by atoms with Gasteiger partial charge in [0.1, 0.15) is 19.3 Å². The maximum Gasteiger partial charge on any atom is 0.306 e. The van der Waals surface area contributed by atoms with Gasteiger partial charge in [0.05, 0.1) is 34.4 Å². The van der Waals surface area contributed by atoms with Gasteiger partial charge in [-0.1, -0.05) is 192 Å². The predicted molar refractivity (Wildman–Crippen MR) is 240 cm³/mol. The monoisotopic (exact) mass is 828 g/mol. The first-order valence-corrected chi connectivity index (χ1v) is 25.5. The molecule has 338 valence electrons. The molecule has 2 atom stereocenters. The highest BCUT2D eigenvalue weighted by atomic mass is 31.2. The van der Waals surface area contributed by atoms with Crippen LogP contribution in [0.5, 0.6) is 0 Å². The number of phosphoric acid groups is 1. The highest BCUT2D eigenvalue weighted by molar-refractivity contribution is 7.45. The minimum absolute atomic E-state index is 0.0277. The van der Waals surface area contributed by atoms with Gasteiger partial charge in [0, 0.05) is 13.0 Å². The average molecular weight is 828 g/mol. The highest BCUT2D eigenvalue weighted by Gasteiger charge is 2.20. The quantitative estimate of drug-likeness (QED) is 0.0198. The summed E-state index contributed by atoms with van der Waals surface area (Å²) in [6.07, 6.45) is 47.6. The van der Waals surface area contributed by atoms with Gasteiger partial charge in [-0.05, 0) is 44.9 Å². The number of rotatable bonds is 45. The summed E-state index contributed by atoms with van der Waals surface area (Å²) in [5.41, 5.74) is 0. The number of hydrogen-bond acceptors (Lipinski definition) is 7. The van der Waals surface area contributed by atoms with Crippen molar-refractivity contribution < 1.29 is 37.3 Å². The van der Waals surface area contributed by atoms with Crippen LogP contribution in [0.1, 0.15) is 219 Å². The third-order valence-electron chi connectivity index (χ3n) is 10.5. The van der Waals surface area contributed by atoms with Gasteiger partial charge in [0.2, 0.25) is 0 Å². The largest absolute Gasteiger partial charge is 0.756 e. The summed E-state index contributed by atoms with van der Waals surface area (Å²) in [5.74, 6) is -0.333. The van der Waals surface area contributed by atoms with Crippen molar-refractivity contribution in [3.63, 3.8) is 0 Å². The number of hydrogen-bond donors (Lipinski definition) is 0. The Kier molecular flexibility index (Phi) is 41.0. The molecule has 57 heavy (non-hydrogen) atoms. The smallest absolute Gasteiger partial charge is 0.306 e. The molecule has 0 aromatic heterocycles. The lowest BCUT2D eigenvalue weighted by Crippen LogP contribution is -2.37. The second kappa shape index (κ2) is 41.7. The number of phosphoric ester groups is 1. The molecule has 2 unspecified atom stereocenters. The predicted octanol–water partition coefficient (Wildman–Crippen LogP) is 13.8. The first-order chi connectivity index (χ1) is 27.6. The zero-order valence-electron chi connectivity index (χ0n) is 38.3. The SMILES string of the molecule is CCCCCCC/C=C\C/C=C\CCCCCCCCCCCCOCC(COP(=O)([O-])OCC[N+](C)(C)C)OC(=O)CCCCCCCCCCCCCCC. The van der Waals surface area contributed by atoms with Crippen LogP contribution in [0.25, 0.3) is 0 Å². The maximum atomic E-state index is 12.7. The van der Waals surface area contributed by atoms with E-state index in [9.17, 15) is 14.3 Å². The summed E-state index contributed by atoms with van der Waals surface area (Å²) >= 11 is 0. The lowest BCUT2D eigenvalue weighted by Gasteiger charge is -2.28. The number of likely N-dealkylation sites (N-methyl/N-ethyl adjacent to an activating group) is 1. The summed E-state index contributed by atoms with van der Waals surface area (Å²) < 4.78 is 34.7. The Hall–Kier alpha value is -1.02. The molecule has 0 rings (SSSR count). The topological polar surface area (TPSA) is 94.1 Å². The lowest BCUT2D eigenvalue weighted by molar-refractivity contribution is -0.870. The normalized spacial score (nSPS) is 13.9. The van der Waals surface area contributed by atoms with Gasteiger partial charge >= 0.3 is 5.97 Å². The van der Waals surface area contributed by atoms with Crippen LogP contribution in [0.4, 0.5) is 0 Å². The summed E-state index contributed by atoms with van der Waals surface area (Å²) in [7, 11) is 1.36. The molecule has 0 fully saturated rings. The summed E-state index contributed by atoms with van der Waals surface area (Å²) in [5, 5.41) is 0. The van der Waals surface area contributed by atoms with Crippen LogP contribution in [-0.4, -0.2) is 70.7 Å². The van der Waals surface area contributed by atoms with Crippen molar-refractivity contribution in [1.29, 1.82) is 0 Å². The van der Waals surface area contributed by atoms with Crippen molar-refractivity contribution in [1.82, 2.24) is 0 Å². The Bertz CT molecular complexity index is 967. The van der Waals surface area contributed by atoms with Gasteiger partial charge in [-0.25, -0.2) is 0 Å². The van der Waals surface area contributed by atoms with Crippen molar-refractivity contribution in [3.05, 3.63) is 24.3 Å². The van der Waals surface area contributed by atoms with E-state index in [2.05, 4.69) is 38.2 Å². The number of carbonyl (C=O) groups excluding carboxylic acids is 1. The van der Waals surface area contributed by atoms with Crippen molar-refractivity contribution >= 4 is 13.8 Å². The van der Waals surface area contributed by atoms with Gasteiger partial charge in [0.25, 0.3) is 7.82 Å². The number of allylic oxidation sites excluding steroid dienone is 4. The minimum atomic E-state index is -4.52. The van der Waals surface area contributed by atoms with Crippen molar-refractivity contribution in [2.24, 2.45) is 0 Å². The van der Waals surface area contributed by atoms with Crippen LogP contribution in [0.3, 0.4) is 0 Å². The molecule has 8 nitrogen and oxygen atoms in total. The molecule has 0 spiro atoms. The van der Waals surface area contributed by atoms with Crippen molar-refractivity contribution in [2.45, 2.75) is 225 Å². The van der Waals surface area contributed by atoms with E-state index >= 15 is 0 Å². The molecule has 0 aromatic rings. The van der Waals surface area contributed by atoms with Gasteiger partial charge in [0.15, 0.2) is 0 Å².